The number of aromatic nitrogens is 2. The minimum absolute atomic E-state index is 0.321. The molecule has 2 rings (SSSR count). The molecule has 0 bridgehead atoms. The summed E-state index contributed by atoms with van der Waals surface area (Å²) in [6, 6.07) is 5.62. The Morgan fingerprint density at radius 1 is 1.27 bits per heavy atom. The van der Waals surface area contributed by atoms with Crippen molar-refractivity contribution in [1.29, 1.82) is 0 Å². The largest absolute Gasteiger partial charge is 0.233 e. The zero-order valence-corrected chi connectivity index (χ0v) is 10.8. The van der Waals surface area contributed by atoms with Gasteiger partial charge in [-0.1, -0.05) is 25.4 Å². The third kappa shape index (κ3) is 2.13. The van der Waals surface area contributed by atoms with E-state index in [4.69, 9.17) is 11.6 Å². The topological polar surface area (TPSA) is 25.8 Å². The fourth-order valence-electron chi connectivity index (χ4n) is 1.34. The summed E-state index contributed by atoms with van der Waals surface area (Å²) < 4.78 is 0.804. The van der Waals surface area contributed by atoms with Crippen LogP contribution in [-0.4, -0.2) is 9.97 Å². The summed E-state index contributed by atoms with van der Waals surface area (Å²) in [7, 11) is 0. The zero-order chi connectivity index (χ0) is 11.0. The Hall–Kier alpha value is -0.670. The smallest absolute Gasteiger partial charge is 0.132 e. The Bertz CT molecular complexity index is 511. The molecule has 0 fully saturated rings. The van der Waals surface area contributed by atoms with Gasteiger partial charge < -0.3 is 0 Å². The molecule has 0 saturated heterocycles. The summed E-state index contributed by atoms with van der Waals surface area (Å²) in [5, 5.41) is 1.65. The predicted molar refractivity (Wildman–Crippen MR) is 66.3 cm³/mol. The molecule has 0 saturated carbocycles. The third-order valence-corrected chi connectivity index (χ3v) is 2.98. The molecular formula is C11H10BrClN2. The Morgan fingerprint density at radius 3 is 2.67 bits per heavy atom. The second-order valence-corrected chi connectivity index (χ2v) is 4.88. The standard InChI is InChI=1S/C11H10BrClN2/c1-6(2)11-14-9-4-3-7(13)5-8(9)10(12)15-11/h3-6H,1-2H3. The van der Waals surface area contributed by atoms with Gasteiger partial charge in [0.25, 0.3) is 0 Å². The first-order valence-electron chi connectivity index (χ1n) is 4.70. The molecule has 0 unspecified atom stereocenters. The van der Waals surface area contributed by atoms with E-state index in [1.807, 2.05) is 18.2 Å². The first-order valence-corrected chi connectivity index (χ1v) is 5.87. The molecular weight excluding hydrogens is 275 g/mol. The third-order valence-electron chi connectivity index (χ3n) is 2.14. The van der Waals surface area contributed by atoms with Gasteiger partial charge >= 0.3 is 0 Å². The predicted octanol–water partition coefficient (Wildman–Crippen LogP) is 4.17. The van der Waals surface area contributed by atoms with Crippen molar-refractivity contribution >= 4 is 38.4 Å². The van der Waals surface area contributed by atoms with Crippen LogP contribution in [0.5, 0.6) is 0 Å². The highest BCUT2D eigenvalue weighted by atomic mass is 79.9. The van der Waals surface area contributed by atoms with Gasteiger partial charge in [0.05, 0.1) is 5.52 Å². The summed E-state index contributed by atoms with van der Waals surface area (Å²) >= 11 is 9.36. The van der Waals surface area contributed by atoms with Gasteiger partial charge in [-0.3, -0.25) is 0 Å². The molecule has 0 radical (unpaired) electrons. The van der Waals surface area contributed by atoms with Crippen molar-refractivity contribution in [3.05, 3.63) is 33.6 Å². The molecule has 2 aromatic rings. The average Bonchev–Trinajstić information content (AvgIpc) is 2.18. The van der Waals surface area contributed by atoms with Gasteiger partial charge in [0.15, 0.2) is 0 Å². The first-order chi connectivity index (χ1) is 7.08. The lowest BCUT2D eigenvalue weighted by atomic mass is 10.2. The molecule has 0 aliphatic carbocycles. The van der Waals surface area contributed by atoms with E-state index in [1.165, 1.54) is 0 Å². The van der Waals surface area contributed by atoms with Crippen LogP contribution >= 0.6 is 27.5 Å². The normalized spacial score (nSPS) is 11.3. The molecule has 0 amide bonds. The van der Waals surface area contributed by atoms with Crippen LogP contribution in [0.2, 0.25) is 5.02 Å². The van der Waals surface area contributed by atoms with Crippen molar-refractivity contribution in [2.45, 2.75) is 19.8 Å². The van der Waals surface area contributed by atoms with Crippen LogP contribution in [0.3, 0.4) is 0 Å². The number of hydrogen-bond acceptors (Lipinski definition) is 2. The van der Waals surface area contributed by atoms with Crippen LogP contribution in [0.1, 0.15) is 25.6 Å². The molecule has 15 heavy (non-hydrogen) atoms. The van der Waals surface area contributed by atoms with Crippen molar-refractivity contribution in [1.82, 2.24) is 9.97 Å². The van der Waals surface area contributed by atoms with Gasteiger partial charge in [0.2, 0.25) is 0 Å². The van der Waals surface area contributed by atoms with Gasteiger partial charge in [0.1, 0.15) is 10.4 Å². The van der Waals surface area contributed by atoms with E-state index >= 15 is 0 Å². The Balaban J connectivity index is 2.73. The summed E-state index contributed by atoms with van der Waals surface area (Å²) in [4.78, 5) is 8.87. The summed E-state index contributed by atoms with van der Waals surface area (Å²) in [6.07, 6.45) is 0. The van der Waals surface area contributed by atoms with E-state index < -0.39 is 0 Å². The number of fused-ring (bicyclic) bond motifs is 1. The summed E-state index contributed by atoms with van der Waals surface area (Å²) in [5.74, 6) is 1.16. The fraction of sp³-hybridized carbons (Fsp3) is 0.273. The number of halogens is 2. The molecule has 0 spiro atoms. The SMILES string of the molecule is CC(C)c1nc(Br)c2cc(Cl)ccc2n1. The fourth-order valence-corrected chi connectivity index (χ4v) is 2.01. The Kier molecular flexibility index (Phi) is 2.94. The number of benzene rings is 1. The highest BCUT2D eigenvalue weighted by Crippen LogP contribution is 2.25. The maximum absolute atomic E-state index is 5.92. The van der Waals surface area contributed by atoms with Gasteiger partial charge in [0, 0.05) is 16.3 Å². The quantitative estimate of drug-likeness (QED) is 0.735. The van der Waals surface area contributed by atoms with Crippen LogP contribution < -0.4 is 0 Å². The van der Waals surface area contributed by atoms with Crippen LogP contribution in [0, 0.1) is 0 Å². The highest BCUT2D eigenvalue weighted by molar-refractivity contribution is 9.10. The van der Waals surface area contributed by atoms with Crippen molar-refractivity contribution < 1.29 is 0 Å². The number of rotatable bonds is 1. The molecule has 0 aliphatic heterocycles. The molecule has 78 valence electrons. The van der Waals surface area contributed by atoms with Gasteiger partial charge in [-0.15, -0.1) is 0 Å². The second-order valence-electron chi connectivity index (χ2n) is 3.69. The van der Waals surface area contributed by atoms with E-state index in [0.29, 0.717) is 10.9 Å². The number of nitrogens with zero attached hydrogens (tertiary/aromatic N) is 2. The van der Waals surface area contributed by atoms with Crippen LogP contribution in [0.4, 0.5) is 0 Å². The van der Waals surface area contributed by atoms with E-state index in [-0.39, 0.29) is 0 Å². The van der Waals surface area contributed by atoms with Gasteiger partial charge in [-0.25, -0.2) is 9.97 Å². The Morgan fingerprint density at radius 2 is 2.00 bits per heavy atom. The van der Waals surface area contributed by atoms with Crippen LogP contribution in [0.25, 0.3) is 10.9 Å². The maximum Gasteiger partial charge on any atom is 0.132 e. The Labute approximate surface area is 102 Å². The molecule has 0 aliphatic rings. The monoisotopic (exact) mass is 284 g/mol. The molecule has 1 aromatic heterocycles. The van der Waals surface area contributed by atoms with E-state index in [9.17, 15) is 0 Å². The van der Waals surface area contributed by atoms with Crippen molar-refractivity contribution in [3.8, 4) is 0 Å². The molecule has 1 heterocycles. The molecule has 1 aromatic carbocycles. The summed E-state index contributed by atoms with van der Waals surface area (Å²) in [6.45, 7) is 4.15. The van der Waals surface area contributed by atoms with E-state index in [1.54, 1.807) is 0 Å². The zero-order valence-electron chi connectivity index (χ0n) is 8.46. The highest BCUT2D eigenvalue weighted by Gasteiger charge is 2.08. The minimum atomic E-state index is 0.321. The lowest BCUT2D eigenvalue weighted by Crippen LogP contribution is -1.98. The van der Waals surface area contributed by atoms with Crippen molar-refractivity contribution in [2.75, 3.05) is 0 Å². The van der Waals surface area contributed by atoms with Crippen molar-refractivity contribution in [3.63, 3.8) is 0 Å². The van der Waals surface area contributed by atoms with Crippen LogP contribution in [-0.2, 0) is 0 Å². The lowest BCUT2D eigenvalue weighted by molar-refractivity contribution is 0.779. The van der Waals surface area contributed by atoms with E-state index in [0.717, 1.165) is 21.3 Å². The lowest BCUT2D eigenvalue weighted by Gasteiger charge is -2.06. The van der Waals surface area contributed by atoms with Crippen LogP contribution in [0.15, 0.2) is 22.8 Å². The summed E-state index contributed by atoms with van der Waals surface area (Å²) in [5.41, 5.74) is 0.921. The van der Waals surface area contributed by atoms with Gasteiger partial charge in [-0.05, 0) is 34.1 Å². The maximum atomic E-state index is 5.92. The molecule has 0 atom stereocenters. The van der Waals surface area contributed by atoms with Gasteiger partial charge in [-0.2, -0.15) is 0 Å². The minimum Gasteiger partial charge on any atom is -0.233 e. The second kappa shape index (κ2) is 4.06. The molecule has 2 nitrogen and oxygen atoms in total. The first kappa shape index (κ1) is 10.8. The van der Waals surface area contributed by atoms with Crippen molar-refractivity contribution in [2.24, 2.45) is 0 Å². The van der Waals surface area contributed by atoms with E-state index in [2.05, 4.69) is 39.7 Å². The molecule has 4 heteroatoms. The molecule has 0 N–H and O–H groups in total. The number of hydrogen-bond donors (Lipinski definition) is 0. The average molecular weight is 286 g/mol.